The van der Waals surface area contributed by atoms with Crippen LogP contribution in [0, 0.1) is 0 Å². The highest BCUT2D eigenvalue weighted by atomic mass is 32.1. The van der Waals surface area contributed by atoms with E-state index in [1.807, 2.05) is 0 Å². The molecule has 11 heavy (non-hydrogen) atoms. The molecule has 1 aromatic heterocycles. The summed E-state index contributed by atoms with van der Waals surface area (Å²) < 4.78 is 9.41. The Morgan fingerprint density at radius 2 is 2.27 bits per heavy atom. The summed E-state index contributed by atoms with van der Waals surface area (Å²) in [6, 6.07) is 1.65. The first-order chi connectivity index (χ1) is 5.27. The number of hydrogen-bond donors (Lipinski definition) is 0. The Bertz CT molecular complexity index is 254. The van der Waals surface area contributed by atoms with Crippen molar-refractivity contribution in [2.24, 2.45) is 0 Å². The minimum atomic E-state index is -0.329. The van der Waals surface area contributed by atoms with Gasteiger partial charge in [-0.15, -0.1) is 11.3 Å². The average molecular weight is 172 g/mol. The summed E-state index contributed by atoms with van der Waals surface area (Å²) in [6.45, 7) is 0. The molecule has 0 aliphatic heterocycles. The normalized spacial score (nSPS) is 9.27. The Hall–Kier alpha value is -1.03. The molecule has 0 aliphatic carbocycles. The molecule has 0 saturated heterocycles. The van der Waals surface area contributed by atoms with Crippen molar-refractivity contribution >= 4 is 17.3 Å². The molecule has 0 N–H and O–H groups in total. The molecule has 0 amide bonds. The largest absolute Gasteiger partial charge is 0.487 e. The van der Waals surface area contributed by atoms with E-state index in [0.29, 0.717) is 10.6 Å². The highest BCUT2D eigenvalue weighted by molar-refractivity contribution is 7.12. The third-order valence-electron chi connectivity index (χ3n) is 1.20. The zero-order valence-corrected chi connectivity index (χ0v) is 7.10. The third-order valence-corrected chi connectivity index (χ3v) is 2.09. The highest BCUT2D eigenvalue weighted by Crippen LogP contribution is 2.22. The van der Waals surface area contributed by atoms with Crippen molar-refractivity contribution in [2.45, 2.75) is 0 Å². The van der Waals surface area contributed by atoms with Crippen molar-refractivity contribution in [1.82, 2.24) is 0 Å². The molecule has 0 aromatic carbocycles. The summed E-state index contributed by atoms with van der Waals surface area (Å²) in [4.78, 5) is 10.9. The standard InChI is InChI=1S/C7H8O3S/c1-9-6-3-5(4-11-6)7(8)10-2/h3-4H,1-2H3. The summed E-state index contributed by atoms with van der Waals surface area (Å²) in [7, 11) is 2.92. The molecule has 0 atom stereocenters. The van der Waals surface area contributed by atoms with Crippen LogP contribution in [-0.2, 0) is 4.74 Å². The van der Waals surface area contributed by atoms with Crippen LogP contribution in [0.25, 0.3) is 0 Å². The van der Waals surface area contributed by atoms with Gasteiger partial charge in [0, 0.05) is 11.4 Å². The zero-order chi connectivity index (χ0) is 8.27. The van der Waals surface area contributed by atoms with E-state index in [0.717, 1.165) is 0 Å². The van der Waals surface area contributed by atoms with E-state index < -0.39 is 0 Å². The molecular weight excluding hydrogens is 164 g/mol. The smallest absolute Gasteiger partial charge is 0.338 e. The number of methoxy groups -OCH3 is 2. The van der Waals surface area contributed by atoms with Crippen LogP contribution in [0.2, 0.25) is 0 Å². The molecule has 1 aromatic rings. The van der Waals surface area contributed by atoms with Crippen molar-refractivity contribution in [1.29, 1.82) is 0 Å². The van der Waals surface area contributed by atoms with Gasteiger partial charge in [0.15, 0.2) is 5.06 Å². The first kappa shape index (κ1) is 8.07. The van der Waals surface area contributed by atoms with Gasteiger partial charge in [-0.05, 0) is 0 Å². The van der Waals surface area contributed by atoms with E-state index in [9.17, 15) is 4.79 Å². The minimum absolute atomic E-state index is 0.329. The van der Waals surface area contributed by atoms with Crippen LogP contribution in [-0.4, -0.2) is 20.2 Å². The maximum Gasteiger partial charge on any atom is 0.338 e. The van der Waals surface area contributed by atoms with Crippen molar-refractivity contribution in [3.63, 3.8) is 0 Å². The fourth-order valence-electron chi connectivity index (χ4n) is 0.648. The van der Waals surface area contributed by atoms with Crippen LogP contribution in [0.15, 0.2) is 11.4 Å². The van der Waals surface area contributed by atoms with Crippen LogP contribution >= 0.6 is 11.3 Å². The van der Waals surface area contributed by atoms with Crippen molar-refractivity contribution in [2.75, 3.05) is 14.2 Å². The molecule has 0 spiro atoms. The Kier molecular flexibility index (Phi) is 2.48. The first-order valence-electron chi connectivity index (χ1n) is 2.98. The molecular formula is C7H8O3S. The van der Waals surface area contributed by atoms with Gasteiger partial charge in [-0.1, -0.05) is 0 Å². The summed E-state index contributed by atoms with van der Waals surface area (Å²) in [5.41, 5.74) is 0.536. The molecule has 0 saturated carbocycles. The molecule has 4 heteroatoms. The molecule has 3 nitrogen and oxygen atoms in total. The second-order valence-corrected chi connectivity index (χ2v) is 2.72. The Morgan fingerprint density at radius 1 is 1.55 bits per heavy atom. The number of hydrogen-bond acceptors (Lipinski definition) is 4. The molecule has 0 bridgehead atoms. The third kappa shape index (κ3) is 1.71. The van der Waals surface area contributed by atoms with E-state index in [-0.39, 0.29) is 5.97 Å². The molecule has 0 unspecified atom stereocenters. The molecule has 0 radical (unpaired) electrons. The van der Waals surface area contributed by atoms with Gasteiger partial charge in [-0.3, -0.25) is 0 Å². The van der Waals surface area contributed by atoms with Crippen LogP contribution in [0.1, 0.15) is 10.4 Å². The van der Waals surface area contributed by atoms with Gasteiger partial charge >= 0.3 is 5.97 Å². The second-order valence-electron chi connectivity index (χ2n) is 1.85. The molecule has 60 valence electrons. The lowest BCUT2D eigenvalue weighted by Crippen LogP contribution is -1.98. The van der Waals surface area contributed by atoms with E-state index in [1.54, 1.807) is 18.6 Å². The lowest BCUT2D eigenvalue weighted by Gasteiger charge is -1.92. The van der Waals surface area contributed by atoms with Crippen molar-refractivity contribution < 1.29 is 14.3 Å². The van der Waals surface area contributed by atoms with Gasteiger partial charge in [0.25, 0.3) is 0 Å². The van der Waals surface area contributed by atoms with Crippen LogP contribution in [0.3, 0.4) is 0 Å². The van der Waals surface area contributed by atoms with E-state index >= 15 is 0 Å². The fourth-order valence-corrected chi connectivity index (χ4v) is 1.35. The lowest BCUT2D eigenvalue weighted by atomic mass is 10.3. The number of thiophene rings is 1. The Labute approximate surface area is 68.6 Å². The number of ether oxygens (including phenoxy) is 2. The van der Waals surface area contributed by atoms with Crippen LogP contribution in [0.4, 0.5) is 0 Å². The van der Waals surface area contributed by atoms with Crippen LogP contribution < -0.4 is 4.74 Å². The van der Waals surface area contributed by atoms with Gasteiger partial charge < -0.3 is 9.47 Å². The van der Waals surface area contributed by atoms with Gasteiger partial charge in [0.2, 0.25) is 0 Å². The van der Waals surface area contributed by atoms with Gasteiger partial charge in [-0.25, -0.2) is 4.79 Å². The molecule has 1 rings (SSSR count). The number of esters is 1. The molecule has 0 fully saturated rings. The van der Waals surface area contributed by atoms with E-state index in [2.05, 4.69) is 4.74 Å². The minimum Gasteiger partial charge on any atom is -0.487 e. The summed E-state index contributed by atoms with van der Waals surface area (Å²) in [5, 5.41) is 2.41. The predicted molar refractivity (Wildman–Crippen MR) is 42.2 cm³/mol. The average Bonchev–Trinajstić information content (AvgIpc) is 2.50. The Morgan fingerprint density at radius 3 is 2.73 bits per heavy atom. The lowest BCUT2D eigenvalue weighted by molar-refractivity contribution is 0.0601. The van der Waals surface area contributed by atoms with Gasteiger partial charge in [0.05, 0.1) is 19.8 Å². The molecule has 1 heterocycles. The summed E-state index contributed by atoms with van der Waals surface area (Å²) in [5.74, 6) is -0.329. The summed E-state index contributed by atoms with van der Waals surface area (Å²) in [6.07, 6.45) is 0. The number of carbonyl (C=O) groups excluding carboxylic acids is 1. The number of carbonyl (C=O) groups is 1. The maximum atomic E-state index is 10.9. The summed E-state index contributed by atoms with van der Waals surface area (Å²) >= 11 is 1.37. The monoisotopic (exact) mass is 172 g/mol. The van der Waals surface area contributed by atoms with Gasteiger partial charge in [-0.2, -0.15) is 0 Å². The van der Waals surface area contributed by atoms with Gasteiger partial charge in [0.1, 0.15) is 0 Å². The molecule has 0 aliphatic rings. The first-order valence-corrected chi connectivity index (χ1v) is 3.86. The maximum absolute atomic E-state index is 10.9. The SMILES string of the molecule is COC(=O)c1csc(OC)c1. The van der Waals surface area contributed by atoms with E-state index in [1.165, 1.54) is 18.4 Å². The quantitative estimate of drug-likeness (QED) is 0.635. The number of rotatable bonds is 2. The zero-order valence-electron chi connectivity index (χ0n) is 6.29. The Balaban J connectivity index is 2.80. The second kappa shape index (κ2) is 3.39. The van der Waals surface area contributed by atoms with Crippen molar-refractivity contribution in [3.8, 4) is 5.06 Å². The highest BCUT2D eigenvalue weighted by Gasteiger charge is 2.07. The van der Waals surface area contributed by atoms with E-state index in [4.69, 9.17) is 4.74 Å². The van der Waals surface area contributed by atoms with Crippen molar-refractivity contribution in [3.05, 3.63) is 17.0 Å². The fraction of sp³-hybridized carbons (Fsp3) is 0.286. The van der Waals surface area contributed by atoms with Crippen LogP contribution in [0.5, 0.6) is 5.06 Å². The predicted octanol–water partition coefficient (Wildman–Crippen LogP) is 1.54. The topological polar surface area (TPSA) is 35.5 Å².